The number of hydrogen-bond acceptors (Lipinski definition) is 2. The average Bonchev–Trinajstić information content (AvgIpc) is 2.29. The predicted molar refractivity (Wildman–Crippen MR) is 63.5 cm³/mol. The van der Waals surface area contributed by atoms with Gasteiger partial charge >= 0.3 is 0 Å². The molecule has 0 amide bonds. The highest BCUT2D eigenvalue weighted by Crippen LogP contribution is 2.17. The molecule has 1 aliphatic carbocycles. The van der Waals surface area contributed by atoms with E-state index >= 15 is 0 Å². The van der Waals surface area contributed by atoms with Gasteiger partial charge in [-0.05, 0) is 18.4 Å². The van der Waals surface area contributed by atoms with Crippen LogP contribution in [0.1, 0.15) is 31.2 Å². The van der Waals surface area contributed by atoms with Gasteiger partial charge in [0.05, 0.1) is 0 Å². The number of benzene rings is 1. The SMILES string of the molecule is N[C@@H]1CCCC[C@H]1NCc1ccccc1. The molecule has 0 heterocycles. The summed E-state index contributed by atoms with van der Waals surface area (Å²) in [5.74, 6) is 0. The number of nitrogens with two attached hydrogens (primary N) is 1. The number of rotatable bonds is 3. The van der Waals surface area contributed by atoms with E-state index in [-0.39, 0.29) is 0 Å². The van der Waals surface area contributed by atoms with Crippen LogP contribution in [0.2, 0.25) is 0 Å². The Morgan fingerprint density at radius 1 is 1.13 bits per heavy atom. The fraction of sp³-hybridized carbons (Fsp3) is 0.538. The van der Waals surface area contributed by atoms with Gasteiger partial charge in [0, 0.05) is 18.6 Å². The van der Waals surface area contributed by atoms with Gasteiger partial charge in [-0.1, -0.05) is 43.2 Å². The van der Waals surface area contributed by atoms with E-state index in [4.69, 9.17) is 5.73 Å². The summed E-state index contributed by atoms with van der Waals surface area (Å²) in [5, 5.41) is 3.56. The van der Waals surface area contributed by atoms with Gasteiger partial charge < -0.3 is 11.1 Å². The highest BCUT2D eigenvalue weighted by molar-refractivity contribution is 5.14. The van der Waals surface area contributed by atoms with Crippen molar-refractivity contribution in [3.8, 4) is 0 Å². The average molecular weight is 204 g/mol. The van der Waals surface area contributed by atoms with Crippen LogP contribution < -0.4 is 11.1 Å². The lowest BCUT2D eigenvalue weighted by atomic mass is 9.91. The second kappa shape index (κ2) is 5.29. The first-order valence-corrected chi connectivity index (χ1v) is 5.89. The zero-order valence-corrected chi connectivity index (χ0v) is 9.15. The lowest BCUT2D eigenvalue weighted by Crippen LogP contribution is -2.46. The smallest absolute Gasteiger partial charge is 0.0222 e. The molecule has 1 fully saturated rings. The summed E-state index contributed by atoms with van der Waals surface area (Å²) in [6.45, 7) is 0.944. The Bertz CT molecular complexity index is 284. The molecule has 0 saturated heterocycles. The summed E-state index contributed by atoms with van der Waals surface area (Å²) < 4.78 is 0. The van der Waals surface area contributed by atoms with E-state index in [9.17, 15) is 0 Å². The van der Waals surface area contributed by atoms with Gasteiger partial charge in [0.2, 0.25) is 0 Å². The third-order valence-corrected chi connectivity index (χ3v) is 3.23. The van der Waals surface area contributed by atoms with E-state index in [0.29, 0.717) is 12.1 Å². The monoisotopic (exact) mass is 204 g/mol. The van der Waals surface area contributed by atoms with Gasteiger partial charge in [-0.25, -0.2) is 0 Å². The summed E-state index contributed by atoms with van der Waals surface area (Å²) >= 11 is 0. The Morgan fingerprint density at radius 3 is 2.60 bits per heavy atom. The molecule has 0 radical (unpaired) electrons. The maximum absolute atomic E-state index is 6.08. The topological polar surface area (TPSA) is 38.0 Å². The van der Waals surface area contributed by atoms with E-state index in [1.807, 2.05) is 0 Å². The molecule has 1 aromatic rings. The molecule has 0 unspecified atom stereocenters. The van der Waals surface area contributed by atoms with Crippen LogP contribution in [0.4, 0.5) is 0 Å². The lowest BCUT2D eigenvalue weighted by Gasteiger charge is -2.29. The Morgan fingerprint density at radius 2 is 1.87 bits per heavy atom. The van der Waals surface area contributed by atoms with E-state index in [1.165, 1.54) is 31.2 Å². The van der Waals surface area contributed by atoms with E-state index in [2.05, 4.69) is 35.6 Å². The molecule has 3 N–H and O–H groups in total. The first-order valence-electron chi connectivity index (χ1n) is 5.89. The third-order valence-electron chi connectivity index (χ3n) is 3.23. The van der Waals surface area contributed by atoms with Crippen molar-refractivity contribution in [2.24, 2.45) is 5.73 Å². The molecule has 2 heteroatoms. The van der Waals surface area contributed by atoms with E-state index < -0.39 is 0 Å². The van der Waals surface area contributed by atoms with Crippen molar-refractivity contribution in [1.29, 1.82) is 0 Å². The first-order chi connectivity index (χ1) is 7.36. The Hall–Kier alpha value is -0.860. The van der Waals surface area contributed by atoms with Crippen molar-refractivity contribution in [2.75, 3.05) is 0 Å². The van der Waals surface area contributed by atoms with Crippen molar-refractivity contribution < 1.29 is 0 Å². The Balaban J connectivity index is 1.82. The third kappa shape index (κ3) is 3.05. The van der Waals surface area contributed by atoms with Crippen molar-refractivity contribution >= 4 is 0 Å². The maximum Gasteiger partial charge on any atom is 0.0222 e. The minimum Gasteiger partial charge on any atom is -0.326 e. The highest BCUT2D eigenvalue weighted by Gasteiger charge is 2.20. The molecule has 2 rings (SSSR count). The standard InChI is InChI=1S/C13H20N2/c14-12-8-4-5-9-13(12)15-10-11-6-2-1-3-7-11/h1-3,6-7,12-13,15H,4-5,8-10,14H2/t12-,13-/m1/s1. The minimum atomic E-state index is 0.350. The van der Waals surface area contributed by atoms with Crippen molar-refractivity contribution in [2.45, 2.75) is 44.3 Å². The molecule has 0 spiro atoms. The minimum absolute atomic E-state index is 0.350. The molecule has 0 bridgehead atoms. The molecule has 1 saturated carbocycles. The fourth-order valence-electron chi connectivity index (χ4n) is 2.26. The Kier molecular flexibility index (Phi) is 3.75. The Labute approximate surface area is 91.9 Å². The summed E-state index contributed by atoms with van der Waals surface area (Å²) in [4.78, 5) is 0. The molecule has 1 aromatic carbocycles. The van der Waals surface area contributed by atoms with Gasteiger partial charge in [-0.15, -0.1) is 0 Å². The molecule has 82 valence electrons. The molecule has 1 aliphatic rings. The van der Waals surface area contributed by atoms with Gasteiger partial charge in [0.1, 0.15) is 0 Å². The van der Waals surface area contributed by atoms with Crippen molar-refractivity contribution in [3.63, 3.8) is 0 Å². The van der Waals surface area contributed by atoms with Crippen LogP contribution in [-0.4, -0.2) is 12.1 Å². The van der Waals surface area contributed by atoms with E-state index in [1.54, 1.807) is 0 Å². The van der Waals surface area contributed by atoms with Gasteiger partial charge in [-0.3, -0.25) is 0 Å². The zero-order chi connectivity index (χ0) is 10.5. The highest BCUT2D eigenvalue weighted by atomic mass is 15.0. The summed E-state index contributed by atoms with van der Waals surface area (Å²) in [6, 6.07) is 11.4. The van der Waals surface area contributed by atoms with Crippen LogP contribution in [0, 0.1) is 0 Å². The first kappa shape index (κ1) is 10.7. The van der Waals surface area contributed by atoms with Crippen LogP contribution >= 0.6 is 0 Å². The van der Waals surface area contributed by atoms with Crippen LogP contribution in [-0.2, 0) is 6.54 Å². The maximum atomic E-state index is 6.08. The van der Waals surface area contributed by atoms with Gasteiger partial charge in [0.25, 0.3) is 0 Å². The molecular weight excluding hydrogens is 184 g/mol. The van der Waals surface area contributed by atoms with Crippen LogP contribution in [0.5, 0.6) is 0 Å². The van der Waals surface area contributed by atoms with Gasteiger partial charge in [0.15, 0.2) is 0 Å². The summed E-state index contributed by atoms with van der Waals surface area (Å²) in [6.07, 6.45) is 5.02. The normalized spacial score (nSPS) is 26.5. The predicted octanol–water partition coefficient (Wildman–Crippen LogP) is 2.05. The molecule has 2 atom stereocenters. The zero-order valence-electron chi connectivity index (χ0n) is 9.15. The molecule has 2 nitrogen and oxygen atoms in total. The van der Waals surface area contributed by atoms with Crippen LogP contribution in [0.3, 0.4) is 0 Å². The van der Waals surface area contributed by atoms with Crippen LogP contribution in [0.25, 0.3) is 0 Å². The fourth-order valence-corrected chi connectivity index (χ4v) is 2.26. The van der Waals surface area contributed by atoms with Crippen LogP contribution in [0.15, 0.2) is 30.3 Å². The van der Waals surface area contributed by atoms with E-state index in [0.717, 1.165) is 6.54 Å². The van der Waals surface area contributed by atoms with Crippen molar-refractivity contribution in [3.05, 3.63) is 35.9 Å². The van der Waals surface area contributed by atoms with Crippen molar-refractivity contribution in [1.82, 2.24) is 5.32 Å². The molecule has 15 heavy (non-hydrogen) atoms. The molecular formula is C13H20N2. The molecule has 0 aromatic heterocycles. The van der Waals surface area contributed by atoms with Gasteiger partial charge in [-0.2, -0.15) is 0 Å². The summed E-state index contributed by atoms with van der Waals surface area (Å²) in [5.41, 5.74) is 7.42. The largest absolute Gasteiger partial charge is 0.326 e. The lowest BCUT2D eigenvalue weighted by molar-refractivity contribution is 0.326. The second-order valence-electron chi connectivity index (χ2n) is 4.42. The summed E-state index contributed by atoms with van der Waals surface area (Å²) in [7, 11) is 0. The number of hydrogen-bond donors (Lipinski definition) is 2. The number of nitrogens with one attached hydrogen (secondary N) is 1. The molecule has 0 aliphatic heterocycles. The quantitative estimate of drug-likeness (QED) is 0.790. The second-order valence-corrected chi connectivity index (χ2v) is 4.42.